The maximum absolute atomic E-state index is 13.3. The number of nitrogens with one attached hydrogen (secondary N) is 1. The van der Waals surface area contributed by atoms with Crippen molar-refractivity contribution in [3.63, 3.8) is 0 Å². The Kier molecular flexibility index (Phi) is 8.17. The number of anilines is 2. The van der Waals surface area contributed by atoms with Crippen LogP contribution >= 0.6 is 0 Å². The van der Waals surface area contributed by atoms with Gasteiger partial charge in [0, 0.05) is 13.2 Å². The number of benzene rings is 2. The number of carbonyl (C=O) groups excluding carboxylic acids is 2. The van der Waals surface area contributed by atoms with Crippen molar-refractivity contribution in [1.82, 2.24) is 0 Å². The van der Waals surface area contributed by atoms with Gasteiger partial charge in [0.1, 0.15) is 11.5 Å². The number of hydrogen-bond donors (Lipinski definition) is 3. The van der Waals surface area contributed by atoms with E-state index >= 15 is 0 Å². The van der Waals surface area contributed by atoms with Gasteiger partial charge in [-0.05, 0) is 36.6 Å². The number of hydrogen-bond acceptors (Lipinski definition) is 10. The number of carbonyl (C=O) groups is 3. The molecule has 1 fully saturated rings. The summed E-state index contributed by atoms with van der Waals surface area (Å²) in [6, 6.07) is 14.9. The predicted molar refractivity (Wildman–Crippen MR) is 140 cm³/mol. The first-order chi connectivity index (χ1) is 18.8. The van der Waals surface area contributed by atoms with Crippen LogP contribution < -0.4 is 16.0 Å². The highest BCUT2D eigenvalue weighted by molar-refractivity contribution is 6.07. The number of allylic oxidation sites excluding steroid dienone is 1. The highest BCUT2D eigenvalue weighted by Gasteiger charge is 2.43. The maximum atomic E-state index is 13.3. The Morgan fingerprint density at radius 2 is 1.87 bits per heavy atom. The van der Waals surface area contributed by atoms with E-state index in [1.807, 2.05) is 0 Å². The van der Waals surface area contributed by atoms with E-state index < -0.39 is 23.8 Å². The molecule has 2 aliphatic rings. The van der Waals surface area contributed by atoms with Crippen molar-refractivity contribution in [3.05, 3.63) is 82.3 Å². The summed E-state index contributed by atoms with van der Waals surface area (Å²) in [7, 11) is 2.30. The normalized spacial score (nSPS) is 18.9. The minimum atomic E-state index is -1.22. The summed E-state index contributed by atoms with van der Waals surface area (Å²) in [5.74, 6) is -4.23. The molecule has 11 heteroatoms. The van der Waals surface area contributed by atoms with Gasteiger partial charge in [-0.25, -0.2) is 14.4 Å². The Balaban J connectivity index is 2.00. The molecule has 202 valence electrons. The van der Waals surface area contributed by atoms with E-state index in [-0.39, 0.29) is 40.0 Å². The van der Waals surface area contributed by atoms with Crippen molar-refractivity contribution in [3.8, 4) is 6.07 Å². The molecule has 2 unspecified atom stereocenters. The second kappa shape index (κ2) is 11.7. The second-order valence-corrected chi connectivity index (χ2v) is 8.89. The third-order valence-corrected chi connectivity index (χ3v) is 6.64. The summed E-state index contributed by atoms with van der Waals surface area (Å²) in [6.45, 7) is 1.04. The van der Waals surface area contributed by atoms with Crippen LogP contribution in [0.2, 0.25) is 0 Å². The molecule has 0 spiro atoms. The summed E-state index contributed by atoms with van der Waals surface area (Å²) >= 11 is 0. The summed E-state index contributed by atoms with van der Waals surface area (Å²) in [5, 5.41) is 23.2. The Bertz CT molecular complexity index is 1390. The van der Waals surface area contributed by atoms with Gasteiger partial charge in [0.2, 0.25) is 0 Å². The van der Waals surface area contributed by atoms with Crippen LogP contribution in [0.25, 0.3) is 0 Å². The monoisotopic (exact) mass is 532 g/mol. The number of carboxylic acid groups (broad SMARTS) is 1. The van der Waals surface area contributed by atoms with E-state index in [0.717, 1.165) is 27.1 Å². The zero-order valence-electron chi connectivity index (χ0n) is 21.5. The molecule has 0 saturated carbocycles. The van der Waals surface area contributed by atoms with Crippen LogP contribution in [0.1, 0.15) is 34.7 Å². The topological polar surface area (TPSA) is 164 Å². The number of nitriles is 1. The first-order valence-corrected chi connectivity index (χ1v) is 12.2. The molecule has 11 nitrogen and oxygen atoms in total. The van der Waals surface area contributed by atoms with Gasteiger partial charge in [0.15, 0.2) is 0 Å². The van der Waals surface area contributed by atoms with E-state index in [0.29, 0.717) is 24.4 Å². The number of nitrogens with zero attached hydrogens (tertiary/aromatic N) is 2. The van der Waals surface area contributed by atoms with Crippen LogP contribution in [-0.4, -0.2) is 56.5 Å². The Morgan fingerprint density at radius 3 is 2.46 bits per heavy atom. The van der Waals surface area contributed by atoms with Crippen molar-refractivity contribution >= 4 is 29.3 Å². The van der Waals surface area contributed by atoms with Crippen LogP contribution in [0.4, 0.5) is 11.4 Å². The molecular weight excluding hydrogens is 504 g/mol. The Labute approximate surface area is 225 Å². The van der Waals surface area contributed by atoms with Gasteiger partial charge in [-0.2, -0.15) is 5.26 Å². The average Bonchev–Trinajstić information content (AvgIpc) is 3.48. The average molecular weight is 533 g/mol. The van der Waals surface area contributed by atoms with Crippen LogP contribution in [0.5, 0.6) is 0 Å². The van der Waals surface area contributed by atoms with Crippen LogP contribution in [0.15, 0.2) is 71.2 Å². The summed E-state index contributed by atoms with van der Waals surface area (Å²) < 4.78 is 15.8. The molecular formula is C28H28N4O7. The highest BCUT2D eigenvalue weighted by Crippen LogP contribution is 2.45. The van der Waals surface area contributed by atoms with E-state index in [9.17, 15) is 24.8 Å². The molecule has 1 saturated heterocycles. The first kappa shape index (κ1) is 27.2. The van der Waals surface area contributed by atoms with E-state index in [4.69, 9.17) is 19.9 Å². The molecule has 4 N–H and O–H groups in total. The molecule has 39 heavy (non-hydrogen) atoms. The molecule has 4 rings (SSSR count). The zero-order chi connectivity index (χ0) is 28.1. The number of methoxy groups -OCH3 is 2. The van der Waals surface area contributed by atoms with E-state index in [2.05, 4.69) is 11.4 Å². The lowest BCUT2D eigenvalue weighted by molar-refractivity contribution is -0.139. The summed E-state index contributed by atoms with van der Waals surface area (Å²) in [6.07, 6.45) is 1.70. The number of nitrogens with two attached hydrogens (primary N) is 1. The van der Waals surface area contributed by atoms with Crippen molar-refractivity contribution in [2.24, 2.45) is 5.73 Å². The minimum Gasteiger partial charge on any atom is -0.478 e. The van der Waals surface area contributed by atoms with Crippen molar-refractivity contribution in [2.75, 3.05) is 37.6 Å². The number of rotatable bonds is 8. The fraction of sp³-hybridized carbons (Fsp3) is 0.286. The van der Waals surface area contributed by atoms with E-state index in [1.54, 1.807) is 30.3 Å². The minimum absolute atomic E-state index is 0.0277. The van der Waals surface area contributed by atoms with Crippen LogP contribution in [-0.2, 0) is 23.8 Å². The third kappa shape index (κ3) is 5.28. The maximum Gasteiger partial charge on any atom is 0.355 e. The molecule has 2 aromatic carbocycles. The molecule has 0 bridgehead atoms. The number of aromatic carboxylic acids is 1. The fourth-order valence-electron chi connectivity index (χ4n) is 4.79. The second-order valence-electron chi connectivity index (χ2n) is 8.89. The molecule has 0 aliphatic carbocycles. The third-order valence-electron chi connectivity index (χ3n) is 6.64. The molecule has 0 amide bonds. The molecule has 0 radical (unpaired) electrons. The fourth-order valence-corrected chi connectivity index (χ4v) is 4.79. The standard InChI is InChI=1S/C28H28N4O7/c1-37-27(35)23-22(16-7-4-3-5-8-16)19(14-29)25(30)32(24(23)28(36)38-2)21-13-17(26(33)34)10-11-20(21)31-15-18-9-6-12-39-18/h3-5,7-8,10-11,13,18,22,31H,6,9,12,15,30H2,1-2H3,(H,33,34). The van der Waals surface area contributed by atoms with Gasteiger partial charge in [0.25, 0.3) is 0 Å². The molecule has 2 aliphatic heterocycles. The molecule has 2 aromatic rings. The van der Waals surface area contributed by atoms with Crippen LogP contribution in [0, 0.1) is 11.3 Å². The van der Waals surface area contributed by atoms with Crippen LogP contribution in [0.3, 0.4) is 0 Å². The zero-order valence-corrected chi connectivity index (χ0v) is 21.5. The van der Waals surface area contributed by atoms with Gasteiger partial charge in [0.05, 0.1) is 60.4 Å². The van der Waals surface area contributed by atoms with Crippen molar-refractivity contribution in [2.45, 2.75) is 24.9 Å². The number of ether oxygens (including phenoxy) is 3. The Morgan fingerprint density at radius 1 is 1.15 bits per heavy atom. The van der Waals surface area contributed by atoms with Gasteiger partial charge >= 0.3 is 17.9 Å². The Hall–Kier alpha value is -4.82. The first-order valence-electron chi connectivity index (χ1n) is 12.2. The number of carboxylic acids is 1. The van der Waals surface area contributed by atoms with Gasteiger partial charge in [-0.15, -0.1) is 0 Å². The lowest BCUT2D eigenvalue weighted by Gasteiger charge is -2.37. The van der Waals surface area contributed by atoms with Gasteiger partial charge in [-0.1, -0.05) is 30.3 Å². The number of esters is 2. The van der Waals surface area contributed by atoms with Gasteiger partial charge < -0.3 is 30.4 Å². The highest BCUT2D eigenvalue weighted by atomic mass is 16.5. The van der Waals surface area contributed by atoms with Gasteiger partial charge in [-0.3, -0.25) is 4.90 Å². The smallest absolute Gasteiger partial charge is 0.355 e. The van der Waals surface area contributed by atoms with Crippen molar-refractivity contribution in [1.29, 1.82) is 5.26 Å². The summed E-state index contributed by atoms with van der Waals surface area (Å²) in [4.78, 5) is 39.7. The molecule has 2 heterocycles. The summed E-state index contributed by atoms with van der Waals surface area (Å²) in [5.41, 5.74) is 7.04. The molecule has 0 aromatic heterocycles. The lowest BCUT2D eigenvalue weighted by atomic mass is 9.81. The quantitative estimate of drug-likeness (QED) is 0.428. The molecule has 2 atom stereocenters. The predicted octanol–water partition coefficient (Wildman–Crippen LogP) is 2.87. The largest absolute Gasteiger partial charge is 0.478 e. The lowest BCUT2D eigenvalue weighted by Crippen LogP contribution is -2.41. The SMILES string of the molecule is COC(=O)C1=C(C(=O)OC)N(c2cc(C(=O)O)ccc2NCC2CCCO2)C(N)=C(C#N)C1c1ccccc1. The van der Waals surface area contributed by atoms with Crippen molar-refractivity contribution < 1.29 is 33.7 Å². The van der Waals surface area contributed by atoms with E-state index in [1.165, 1.54) is 23.1 Å².